The van der Waals surface area contributed by atoms with E-state index in [1.807, 2.05) is 50.2 Å². The van der Waals surface area contributed by atoms with Crippen LogP contribution in [-0.2, 0) is 4.79 Å². The summed E-state index contributed by atoms with van der Waals surface area (Å²) < 4.78 is 0. The van der Waals surface area contributed by atoms with Gasteiger partial charge in [0.2, 0.25) is 0 Å². The van der Waals surface area contributed by atoms with Crippen LogP contribution in [0.3, 0.4) is 0 Å². The van der Waals surface area contributed by atoms with Crippen molar-refractivity contribution in [2.75, 3.05) is 0 Å². The second kappa shape index (κ2) is 6.72. The number of hydrogen-bond donors (Lipinski definition) is 1. The van der Waals surface area contributed by atoms with Crippen LogP contribution in [0.1, 0.15) is 16.8 Å². The van der Waals surface area contributed by atoms with Gasteiger partial charge < -0.3 is 5.32 Å². The lowest BCUT2D eigenvalue weighted by Gasteiger charge is -2.02. The normalized spacial score (nSPS) is 17.2. The standard InChI is InChI=1S/C20H16N4OS/c1-12-7-8-15(13(2)9-12)23-20-24-19(25)18(26-20)10-14-11-21-16-5-3-4-6-17(16)22-14/h3-11H,1-2H3,(H,23,24,25)/b18-10+. The molecule has 0 radical (unpaired) electrons. The maximum atomic E-state index is 12.3. The van der Waals surface area contributed by atoms with E-state index in [-0.39, 0.29) is 5.91 Å². The van der Waals surface area contributed by atoms with Gasteiger partial charge in [-0.2, -0.15) is 0 Å². The molecule has 2 heterocycles. The number of nitrogens with zero attached hydrogens (tertiary/aromatic N) is 3. The Morgan fingerprint density at radius 2 is 1.92 bits per heavy atom. The molecule has 1 aromatic heterocycles. The van der Waals surface area contributed by atoms with Crippen molar-refractivity contribution in [2.24, 2.45) is 4.99 Å². The van der Waals surface area contributed by atoms with E-state index in [4.69, 9.17) is 0 Å². The van der Waals surface area contributed by atoms with Crippen molar-refractivity contribution in [1.29, 1.82) is 0 Å². The summed E-state index contributed by atoms with van der Waals surface area (Å²) >= 11 is 1.31. The molecule has 0 unspecified atom stereocenters. The van der Waals surface area contributed by atoms with E-state index in [2.05, 4.69) is 26.3 Å². The molecule has 3 aromatic rings. The van der Waals surface area contributed by atoms with Gasteiger partial charge in [0.1, 0.15) is 0 Å². The van der Waals surface area contributed by atoms with Crippen molar-refractivity contribution < 1.29 is 4.79 Å². The third kappa shape index (κ3) is 3.36. The van der Waals surface area contributed by atoms with Crippen LogP contribution in [0.5, 0.6) is 0 Å². The van der Waals surface area contributed by atoms with Gasteiger partial charge in [0.05, 0.1) is 33.5 Å². The van der Waals surface area contributed by atoms with Crippen LogP contribution < -0.4 is 5.32 Å². The lowest BCUT2D eigenvalue weighted by molar-refractivity contribution is -0.115. The number of carbonyl (C=O) groups excluding carboxylic acids is 1. The molecule has 6 heteroatoms. The molecule has 0 aliphatic carbocycles. The highest BCUT2D eigenvalue weighted by Crippen LogP contribution is 2.29. The summed E-state index contributed by atoms with van der Waals surface area (Å²) in [6, 6.07) is 13.7. The quantitative estimate of drug-likeness (QED) is 0.698. The first kappa shape index (κ1) is 16.5. The minimum absolute atomic E-state index is 0.173. The zero-order valence-electron chi connectivity index (χ0n) is 14.4. The Morgan fingerprint density at radius 3 is 2.73 bits per heavy atom. The van der Waals surface area contributed by atoms with E-state index in [0.717, 1.165) is 22.3 Å². The van der Waals surface area contributed by atoms with Crippen molar-refractivity contribution >= 4 is 45.6 Å². The molecule has 0 bridgehead atoms. The van der Waals surface area contributed by atoms with Crippen LogP contribution in [-0.4, -0.2) is 21.0 Å². The number of hydrogen-bond acceptors (Lipinski definition) is 5. The SMILES string of the molecule is Cc1ccc(N=C2NC(=O)/C(=C\c3cnc4ccccc4n3)S2)c(C)c1. The summed E-state index contributed by atoms with van der Waals surface area (Å²) in [7, 11) is 0. The van der Waals surface area contributed by atoms with Gasteiger partial charge in [-0.3, -0.25) is 9.78 Å². The molecule has 4 rings (SSSR count). The molecule has 1 aliphatic heterocycles. The maximum absolute atomic E-state index is 12.3. The zero-order valence-corrected chi connectivity index (χ0v) is 15.2. The summed E-state index contributed by atoms with van der Waals surface area (Å²) in [6.07, 6.45) is 3.41. The number of amidine groups is 1. The third-order valence-electron chi connectivity index (χ3n) is 3.97. The summed E-state index contributed by atoms with van der Waals surface area (Å²) in [4.78, 5) is 26.3. The number of rotatable bonds is 2. The van der Waals surface area contributed by atoms with E-state index < -0.39 is 0 Å². The van der Waals surface area contributed by atoms with Gasteiger partial charge in [0.25, 0.3) is 5.91 Å². The molecule has 1 aliphatic rings. The Balaban J connectivity index is 1.62. The highest BCUT2D eigenvalue weighted by atomic mass is 32.2. The van der Waals surface area contributed by atoms with Gasteiger partial charge in [-0.25, -0.2) is 9.98 Å². The molecule has 5 nitrogen and oxygen atoms in total. The van der Waals surface area contributed by atoms with Gasteiger partial charge in [0.15, 0.2) is 5.17 Å². The van der Waals surface area contributed by atoms with Crippen LogP contribution in [0.2, 0.25) is 0 Å². The Labute approximate surface area is 155 Å². The van der Waals surface area contributed by atoms with Crippen LogP contribution in [0, 0.1) is 13.8 Å². The Kier molecular flexibility index (Phi) is 4.26. The molecule has 1 N–H and O–H groups in total. The monoisotopic (exact) mass is 360 g/mol. The Hall–Kier alpha value is -2.99. The molecule has 2 aromatic carbocycles. The van der Waals surface area contributed by atoms with E-state index in [0.29, 0.717) is 15.8 Å². The predicted octanol–water partition coefficient (Wildman–Crippen LogP) is 4.14. The maximum Gasteiger partial charge on any atom is 0.264 e. The molecule has 0 atom stereocenters. The minimum atomic E-state index is -0.173. The van der Waals surface area contributed by atoms with Crippen molar-refractivity contribution in [3.8, 4) is 0 Å². The topological polar surface area (TPSA) is 67.2 Å². The number of thioether (sulfide) groups is 1. The Morgan fingerprint density at radius 1 is 1.12 bits per heavy atom. The highest BCUT2D eigenvalue weighted by molar-refractivity contribution is 8.18. The van der Waals surface area contributed by atoms with Crippen LogP contribution in [0.25, 0.3) is 17.1 Å². The van der Waals surface area contributed by atoms with Gasteiger partial charge >= 0.3 is 0 Å². The highest BCUT2D eigenvalue weighted by Gasteiger charge is 2.24. The predicted molar refractivity (Wildman–Crippen MR) is 106 cm³/mol. The van der Waals surface area contributed by atoms with Gasteiger partial charge in [0, 0.05) is 0 Å². The number of nitrogens with one attached hydrogen (secondary N) is 1. The molecule has 1 amide bonds. The van der Waals surface area contributed by atoms with Crippen LogP contribution >= 0.6 is 11.8 Å². The number of aryl methyl sites for hydroxylation is 2. The smallest absolute Gasteiger partial charge is 0.264 e. The summed E-state index contributed by atoms with van der Waals surface area (Å²) in [6.45, 7) is 4.05. The number of benzene rings is 2. The van der Waals surface area contributed by atoms with Crippen molar-refractivity contribution in [1.82, 2.24) is 15.3 Å². The van der Waals surface area contributed by atoms with E-state index in [9.17, 15) is 4.79 Å². The van der Waals surface area contributed by atoms with Crippen molar-refractivity contribution in [2.45, 2.75) is 13.8 Å². The second-order valence-electron chi connectivity index (χ2n) is 6.06. The average molecular weight is 360 g/mol. The first-order chi connectivity index (χ1) is 12.6. The first-order valence-corrected chi connectivity index (χ1v) is 8.99. The lowest BCUT2D eigenvalue weighted by atomic mass is 10.1. The molecule has 128 valence electrons. The third-order valence-corrected chi connectivity index (χ3v) is 4.88. The van der Waals surface area contributed by atoms with Gasteiger partial charge in [-0.1, -0.05) is 29.8 Å². The minimum Gasteiger partial charge on any atom is -0.300 e. The fraction of sp³-hybridized carbons (Fsp3) is 0.100. The second-order valence-corrected chi connectivity index (χ2v) is 7.09. The summed E-state index contributed by atoms with van der Waals surface area (Å²) in [5, 5.41) is 3.38. The van der Waals surface area contributed by atoms with Gasteiger partial charge in [-0.15, -0.1) is 0 Å². The number of carbonyl (C=O) groups is 1. The number of aromatic nitrogens is 2. The number of amides is 1. The van der Waals surface area contributed by atoms with Crippen molar-refractivity contribution in [3.63, 3.8) is 0 Å². The molecule has 1 saturated heterocycles. The Bertz CT molecular complexity index is 1090. The summed E-state index contributed by atoms with van der Waals surface area (Å²) in [5.41, 5.74) is 5.39. The fourth-order valence-electron chi connectivity index (χ4n) is 2.70. The molecule has 26 heavy (non-hydrogen) atoms. The lowest BCUT2D eigenvalue weighted by Crippen LogP contribution is -2.19. The van der Waals surface area contributed by atoms with Gasteiger partial charge in [-0.05, 0) is 55.4 Å². The molecular formula is C20H16N4OS. The number of fused-ring (bicyclic) bond motifs is 1. The molecular weight excluding hydrogens is 344 g/mol. The van der Waals surface area contributed by atoms with E-state index in [1.54, 1.807) is 12.3 Å². The zero-order chi connectivity index (χ0) is 18.1. The fourth-order valence-corrected chi connectivity index (χ4v) is 3.52. The molecule has 0 spiro atoms. The van der Waals surface area contributed by atoms with Crippen LogP contribution in [0.4, 0.5) is 5.69 Å². The summed E-state index contributed by atoms with van der Waals surface area (Å²) in [5.74, 6) is -0.173. The van der Waals surface area contributed by atoms with E-state index in [1.165, 1.54) is 17.3 Å². The average Bonchev–Trinajstić information content (AvgIpc) is 2.96. The number of para-hydroxylation sites is 2. The van der Waals surface area contributed by atoms with Crippen molar-refractivity contribution in [3.05, 3.63) is 70.4 Å². The number of aliphatic imine (C=N–C) groups is 1. The molecule has 0 saturated carbocycles. The van der Waals surface area contributed by atoms with Crippen LogP contribution in [0.15, 0.2) is 58.6 Å². The molecule has 1 fully saturated rings. The van der Waals surface area contributed by atoms with E-state index >= 15 is 0 Å². The largest absolute Gasteiger partial charge is 0.300 e. The first-order valence-electron chi connectivity index (χ1n) is 8.17.